The first-order valence-electron chi connectivity index (χ1n) is 6.14. The molecule has 98 valence electrons. The first-order valence-corrected chi connectivity index (χ1v) is 6.95. The van der Waals surface area contributed by atoms with Crippen molar-refractivity contribution < 1.29 is 9.59 Å². The SMILES string of the molecule is O=C1SC(=Cc2ccccc2)C(=O)N1c1ccccc1. The molecule has 4 heteroatoms. The zero-order valence-corrected chi connectivity index (χ0v) is 11.3. The minimum Gasteiger partial charge on any atom is -0.268 e. The summed E-state index contributed by atoms with van der Waals surface area (Å²) in [5.41, 5.74) is 1.51. The van der Waals surface area contributed by atoms with E-state index in [2.05, 4.69) is 0 Å². The number of benzene rings is 2. The summed E-state index contributed by atoms with van der Waals surface area (Å²) in [7, 11) is 0. The van der Waals surface area contributed by atoms with Crippen molar-refractivity contribution in [1.29, 1.82) is 0 Å². The third-order valence-corrected chi connectivity index (χ3v) is 3.78. The summed E-state index contributed by atoms with van der Waals surface area (Å²) >= 11 is 0.970. The van der Waals surface area contributed by atoms with Crippen molar-refractivity contribution in [1.82, 2.24) is 0 Å². The minimum absolute atomic E-state index is 0.261. The molecule has 0 atom stereocenters. The maximum Gasteiger partial charge on any atom is 0.298 e. The summed E-state index contributed by atoms with van der Waals surface area (Å²) in [6, 6.07) is 18.5. The lowest BCUT2D eigenvalue weighted by atomic mass is 10.2. The van der Waals surface area contributed by atoms with Crippen molar-refractivity contribution in [3.63, 3.8) is 0 Å². The lowest BCUT2D eigenvalue weighted by Crippen LogP contribution is -2.27. The van der Waals surface area contributed by atoms with Crippen LogP contribution in [0.3, 0.4) is 0 Å². The van der Waals surface area contributed by atoms with Gasteiger partial charge in [-0.05, 0) is 35.5 Å². The molecule has 1 heterocycles. The molecule has 1 saturated heterocycles. The largest absolute Gasteiger partial charge is 0.298 e. The van der Waals surface area contributed by atoms with E-state index in [-0.39, 0.29) is 11.1 Å². The van der Waals surface area contributed by atoms with Crippen molar-refractivity contribution in [3.8, 4) is 0 Å². The Labute approximate surface area is 120 Å². The zero-order valence-electron chi connectivity index (χ0n) is 10.5. The normalized spacial score (nSPS) is 17.0. The van der Waals surface area contributed by atoms with Crippen molar-refractivity contribution in [3.05, 3.63) is 71.1 Å². The van der Waals surface area contributed by atoms with Crippen LogP contribution in [0.15, 0.2) is 65.6 Å². The Hall–Kier alpha value is -2.33. The molecular formula is C16H11NO2S. The molecule has 3 nitrogen and oxygen atoms in total. The number of anilines is 1. The summed E-state index contributed by atoms with van der Waals surface area (Å²) in [6.07, 6.45) is 1.74. The average molecular weight is 281 g/mol. The zero-order chi connectivity index (χ0) is 13.9. The maximum atomic E-state index is 12.3. The molecular weight excluding hydrogens is 270 g/mol. The molecule has 1 aliphatic rings. The number of carbonyl (C=O) groups is 2. The molecule has 0 saturated carbocycles. The standard InChI is InChI=1S/C16H11NO2S/c18-15-14(11-12-7-3-1-4-8-12)20-16(19)17(15)13-9-5-2-6-10-13/h1-11H. The molecule has 0 aromatic heterocycles. The summed E-state index contributed by atoms with van der Waals surface area (Å²) in [5.74, 6) is -0.268. The van der Waals surface area contributed by atoms with Crippen molar-refractivity contribution in [2.45, 2.75) is 0 Å². The Bertz CT molecular complexity index is 680. The van der Waals surface area contributed by atoms with Crippen LogP contribution in [0.4, 0.5) is 10.5 Å². The van der Waals surface area contributed by atoms with Gasteiger partial charge in [-0.25, -0.2) is 4.90 Å². The summed E-state index contributed by atoms with van der Waals surface area (Å²) < 4.78 is 0. The van der Waals surface area contributed by atoms with Gasteiger partial charge >= 0.3 is 0 Å². The molecule has 2 amide bonds. The molecule has 0 bridgehead atoms. The van der Waals surface area contributed by atoms with Crippen molar-refractivity contribution in [2.75, 3.05) is 4.90 Å². The monoisotopic (exact) mass is 281 g/mol. The first-order chi connectivity index (χ1) is 9.75. The van der Waals surface area contributed by atoms with E-state index in [0.29, 0.717) is 10.6 Å². The number of rotatable bonds is 2. The van der Waals surface area contributed by atoms with Crippen LogP contribution in [0.5, 0.6) is 0 Å². The van der Waals surface area contributed by atoms with Gasteiger partial charge in [-0.15, -0.1) is 0 Å². The van der Waals surface area contributed by atoms with Crippen LogP contribution in [-0.2, 0) is 4.79 Å². The molecule has 0 aliphatic carbocycles. The maximum absolute atomic E-state index is 12.3. The number of carbonyl (C=O) groups excluding carboxylic acids is 2. The van der Waals surface area contributed by atoms with Crippen LogP contribution in [-0.4, -0.2) is 11.1 Å². The number of nitrogens with zero attached hydrogens (tertiary/aromatic N) is 1. The molecule has 20 heavy (non-hydrogen) atoms. The van der Waals surface area contributed by atoms with E-state index in [0.717, 1.165) is 17.3 Å². The average Bonchev–Trinajstić information content (AvgIpc) is 2.75. The summed E-state index contributed by atoms with van der Waals surface area (Å²) in [4.78, 5) is 26.0. The van der Waals surface area contributed by atoms with E-state index in [1.54, 1.807) is 30.3 Å². The van der Waals surface area contributed by atoms with Gasteiger partial charge in [0.05, 0.1) is 10.6 Å². The van der Waals surface area contributed by atoms with Gasteiger partial charge in [0, 0.05) is 0 Å². The van der Waals surface area contributed by atoms with Gasteiger partial charge in [-0.2, -0.15) is 0 Å². The van der Waals surface area contributed by atoms with Crippen LogP contribution in [0.25, 0.3) is 6.08 Å². The predicted molar refractivity (Wildman–Crippen MR) is 81.3 cm³/mol. The molecule has 0 N–H and O–H groups in total. The second-order valence-corrected chi connectivity index (χ2v) is 5.26. The molecule has 3 rings (SSSR count). The number of amides is 2. The highest BCUT2D eigenvalue weighted by Gasteiger charge is 2.36. The Morgan fingerprint density at radius 1 is 0.850 bits per heavy atom. The molecule has 1 aliphatic heterocycles. The van der Waals surface area contributed by atoms with E-state index >= 15 is 0 Å². The number of para-hydroxylation sites is 1. The third kappa shape index (κ3) is 2.38. The topological polar surface area (TPSA) is 37.4 Å². The second-order valence-electron chi connectivity index (χ2n) is 4.26. The van der Waals surface area contributed by atoms with Crippen LogP contribution in [0.1, 0.15) is 5.56 Å². The van der Waals surface area contributed by atoms with E-state index < -0.39 is 0 Å². The Kier molecular flexibility index (Phi) is 3.39. The van der Waals surface area contributed by atoms with Gasteiger partial charge in [0.1, 0.15) is 0 Å². The van der Waals surface area contributed by atoms with Crippen LogP contribution >= 0.6 is 11.8 Å². The molecule has 1 fully saturated rings. The van der Waals surface area contributed by atoms with Crippen LogP contribution in [0, 0.1) is 0 Å². The van der Waals surface area contributed by atoms with Crippen molar-refractivity contribution in [2.24, 2.45) is 0 Å². The highest BCUT2D eigenvalue weighted by atomic mass is 32.2. The smallest absolute Gasteiger partial charge is 0.268 e. The van der Waals surface area contributed by atoms with Crippen molar-refractivity contribution >= 4 is 34.7 Å². The molecule has 2 aromatic carbocycles. The Balaban J connectivity index is 1.93. The fraction of sp³-hybridized carbons (Fsp3) is 0. The fourth-order valence-corrected chi connectivity index (χ4v) is 2.81. The van der Waals surface area contributed by atoms with E-state index in [4.69, 9.17) is 0 Å². The molecule has 0 spiro atoms. The van der Waals surface area contributed by atoms with Gasteiger partial charge in [-0.1, -0.05) is 48.5 Å². The molecule has 2 aromatic rings. The van der Waals surface area contributed by atoms with E-state index in [1.807, 2.05) is 36.4 Å². The van der Waals surface area contributed by atoms with E-state index in [9.17, 15) is 9.59 Å². The first kappa shape index (κ1) is 12.7. The number of thioether (sulfide) groups is 1. The third-order valence-electron chi connectivity index (χ3n) is 2.91. The Morgan fingerprint density at radius 3 is 2.10 bits per heavy atom. The van der Waals surface area contributed by atoms with Gasteiger partial charge in [0.25, 0.3) is 11.1 Å². The summed E-state index contributed by atoms with van der Waals surface area (Å²) in [5, 5.41) is -0.261. The molecule has 0 radical (unpaired) electrons. The van der Waals surface area contributed by atoms with Crippen LogP contribution in [0.2, 0.25) is 0 Å². The lowest BCUT2D eigenvalue weighted by molar-refractivity contribution is -0.113. The van der Waals surface area contributed by atoms with Crippen LogP contribution < -0.4 is 4.90 Å². The Morgan fingerprint density at radius 2 is 1.45 bits per heavy atom. The number of hydrogen-bond donors (Lipinski definition) is 0. The highest BCUT2D eigenvalue weighted by Crippen LogP contribution is 2.35. The predicted octanol–water partition coefficient (Wildman–Crippen LogP) is 3.93. The van der Waals surface area contributed by atoms with Gasteiger partial charge in [0.2, 0.25) is 0 Å². The molecule has 0 unspecified atom stereocenters. The number of imide groups is 1. The summed E-state index contributed by atoms with van der Waals surface area (Å²) in [6.45, 7) is 0. The highest BCUT2D eigenvalue weighted by molar-refractivity contribution is 8.19. The van der Waals surface area contributed by atoms with Gasteiger partial charge in [-0.3, -0.25) is 9.59 Å². The van der Waals surface area contributed by atoms with Gasteiger partial charge in [0.15, 0.2) is 0 Å². The second kappa shape index (κ2) is 5.35. The fourth-order valence-electron chi connectivity index (χ4n) is 1.97. The van der Waals surface area contributed by atoms with E-state index in [1.165, 1.54) is 4.90 Å². The lowest BCUT2D eigenvalue weighted by Gasteiger charge is -2.11. The minimum atomic E-state index is -0.268. The van der Waals surface area contributed by atoms with Gasteiger partial charge < -0.3 is 0 Å². The number of hydrogen-bond acceptors (Lipinski definition) is 3. The quantitative estimate of drug-likeness (QED) is 0.783.